The van der Waals surface area contributed by atoms with Gasteiger partial charge in [0.2, 0.25) is 0 Å². The highest BCUT2D eigenvalue weighted by Gasteiger charge is 2.52. The van der Waals surface area contributed by atoms with Crippen LogP contribution in [0.15, 0.2) is 46.4 Å². The van der Waals surface area contributed by atoms with Gasteiger partial charge in [-0.3, -0.25) is 0 Å². The number of rotatable bonds is 19. The van der Waals surface area contributed by atoms with Gasteiger partial charge in [-0.1, -0.05) is 150 Å². The lowest BCUT2D eigenvalue weighted by atomic mass is 9.77. The van der Waals surface area contributed by atoms with E-state index in [2.05, 4.69) is 93.9 Å². The summed E-state index contributed by atoms with van der Waals surface area (Å²) in [6, 6.07) is 13.8. The van der Waals surface area contributed by atoms with Crippen molar-refractivity contribution >= 4 is 34.1 Å². The smallest absolute Gasteiger partial charge is 0.399 e. The van der Waals surface area contributed by atoms with E-state index in [1.54, 1.807) is 5.57 Å². The first kappa shape index (κ1) is 35.5. The van der Waals surface area contributed by atoms with Crippen molar-refractivity contribution in [1.29, 1.82) is 0 Å². The number of fused-ring (bicyclic) bond motifs is 3. The lowest BCUT2D eigenvalue weighted by molar-refractivity contribution is 0.00578. The fourth-order valence-corrected chi connectivity index (χ4v) is 7.29. The zero-order chi connectivity index (χ0) is 31.6. The van der Waals surface area contributed by atoms with Gasteiger partial charge in [0.05, 0.1) is 11.2 Å². The van der Waals surface area contributed by atoms with Crippen LogP contribution in [0.4, 0.5) is 0 Å². The predicted molar refractivity (Wildman–Crippen MR) is 196 cm³/mol. The molecule has 0 bridgehead atoms. The monoisotopic (exact) mass is 662 g/mol. The Morgan fingerprint density at radius 3 is 1.50 bits per heavy atom. The highest BCUT2D eigenvalue weighted by Crippen LogP contribution is 2.48. The molecule has 4 rings (SSSR count). The average Bonchev–Trinajstić information content (AvgIpc) is 3.42. The Kier molecular flexibility index (Phi) is 13.7. The molecule has 1 aliphatic heterocycles. The highest BCUT2D eigenvalue weighted by molar-refractivity contribution is 9.10. The summed E-state index contributed by atoms with van der Waals surface area (Å²) in [4.78, 5) is 0. The van der Waals surface area contributed by atoms with Crippen LogP contribution in [0.2, 0.25) is 0 Å². The van der Waals surface area contributed by atoms with Gasteiger partial charge < -0.3 is 9.31 Å². The van der Waals surface area contributed by atoms with Gasteiger partial charge in [0, 0.05) is 4.47 Å². The van der Waals surface area contributed by atoms with Crippen molar-refractivity contribution in [1.82, 2.24) is 0 Å². The second-order valence-electron chi connectivity index (χ2n) is 14.5. The van der Waals surface area contributed by atoms with Crippen LogP contribution in [-0.2, 0) is 9.31 Å². The van der Waals surface area contributed by atoms with E-state index in [1.165, 1.54) is 143 Å². The Hall–Kier alpha value is -1.36. The van der Waals surface area contributed by atoms with Gasteiger partial charge in [0.15, 0.2) is 0 Å². The van der Waals surface area contributed by atoms with Crippen LogP contribution in [0.25, 0.3) is 16.7 Å². The fourth-order valence-electron chi connectivity index (χ4n) is 6.93. The van der Waals surface area contributed by atoms with E-state index in [1.807, 2.05) is 0 Å². The number of halogens is 1. The van der Waals surface area contributed by atoms with Crippen molar-refractivity contribution in [2.45, 2.75) is 168 Å². The molecule has 44 heavy (non-hydrogen) atoms. The second-order valence-corrected chi connectivity index (χ2v) is 15.4. The Balaban J connectivity index is 1.58. The summed E-state index contributed by atoms with van der Waals surface area (Å²) in [5, 5.41) is 0. The predicted octanol–water partition coefficient (Wildman–Crippen LogP) is 12.6. The summed E-state index contributed by atoms with van der Waals surface area (Å²) in [6.07, 6.45) is 24.2. The standard InChI is InChI=1S/C40H60BBrO2/c1-7-9-11-13-15-17-19-21-23-31(24-22-20-18-16-14-12-10-8-2)38-36-29-32(41-43-39(3,4)40(5,6)44-41)25-27-34(36)35-28-26-33(42)30-37(35)38/h25-30H,7-24H2,1-6H3. The quantitative estimate of drug-likeness (QED) is 0.0939. The molecular weight excluding hydrogens is 603 g/mol. The molecule has 1 saturated heterocycles. The minimum absolute atomic E-state index is 0.342. The number of benzene rings is 2. The SMILES string of the molecule is CCCCCCCCCCC(CCCCCCCCCC)=C1c2cc(Br)ccc2-c2ccc(B3OC(C)(C)C(C)(C)O3)cc21. The number of hydrogen-bond donors (Lipinski definition) is 0. The largest absolute Gasteiger partial charge is 0.494 e. The molecule has 242 valence electrons. The van der Waals surface area contributed by atoms with Crippen LogP contribution in [0.5, 0.6) is 0 Å². The van der Waals surface area contributed by atoms with Crippen molar-refractivity contribution in [2.24, 2.45) is 0 Å². The van der Waals surface area contributed by atoms with Crippen LogP contribution in [0, 0.1) is 0 Å². The molecule has 0 N–H and O–H groups in total. The fraction of sp³-hybridized carbons (Fsp3) is 0.650. The maximum atomic E-state index is 6.51. The summed E-state index contributed by atoms with van der Waals surface area (Å²) in [5.74, 6) is 0. The molecule has 1 fully saturated rings. The van der Waals surface area contributed by atoms with E-state index in [0.717, 1.165) is 9.94 Å². The summed E-state index contributed by atoms with van der Waals surface area (Å²) in [5.41, 5.74) is 9.07. The molecule has 4 heteroatoms. The van der Waals surface area contributed by atoms with Crippen molar-refractivity contribution < 1.29 is 9.31 Å². The molecular formula is C40H60BBrO2. The van der Waals surface area contributed by atoms with E-state index >= 15 is 0 Å². The van der Waals surface area contributed by atoms with Crippen molar-refractivity contribution in [3.8, 4) is 11.1 Å². The van der Waals surface area contributed by atoms with Gasteiger partial charge in [-0.25, -0.2) is 0 Å². The molecule has 0 amide bonds. The van der Waals surface area contributed by atoms with Gasteiger partial charge in [0.25, 0.3) is 0 Å². The Labute approximate surface area is 279 Å². The molecule has 2 aromatic rings. The minimum atomic E-state index is -0.346. The zero-order valence-corrected chi connectivity index (χ0v) is 30.5. The van der Waals surface area contributed by atoms with Gasteiger partial charge in [-0.15, -0.1) is 0 Å². The van der Waals surface area contributed by atoms with Crippen molar-refractivity contribution in [2.75, 3.05) is 0 Å². The number of hydrogen-bond acceptors (Lipinski definition) is 2. The summed E-state index contributed by atoms with van der Waals surface area (Å²) in [7, 11) is -0.342. The summed E-state index contributed by atoms with van der Waals surface area (Å²) in [6.45, 7) is 13.2. The lowest BCUT2D eigenvalue weighted by Crippen LogP contribution is -2.41. The topological polar surface area (TPSA) is 18.5 Å². The van der Waals surface area contributed by atoms with Gasteiger partial charge in [-0.2, -0.15) is 0 Å². The van der Waals surface area contributed by atoms with Crippen LogP contribution in [0.1, 0.15) is 168 Å². The third-order valence-corrected chi connectivity index (χ3v) is 10.9. The first-order valence-corrected chi connectivity index (χ1v) is 19.0. The molecule has 2 aliphatic rings. The second kappa shape index (κ2) is 17.0. The van der Waals surface area contributed by atoms with Crippen molar-refractivity contribution in [3.63, 3.8) is 0 Å². The third-order valence-electron chi connectivity index (χ3n) is 10.4. The van der Waals surface area contributed by atoms with E-state index in [9.17, 15) is 0 Å². The number of unbranched alkanes of at least 4 members (excludes halogenated alkanes) is 14. The molecule has 1 heterocycles. The van der Waals surface area contributed by atoms with Crippen molar-refractivity contribution in [3.05, 3.63) is 57.6 Å². The van der Waals surface area contributed by atoms with Gasteiger partial charge >= 0.3 is 7.12 Å². The molecule has 0 unspecified atom stereocenters. The Bertz CT molecular complexity index is 1190. The highest BCUT2D eigenvalue weighted by atomic mass is 79.9. The summed E-state index contributed by atoms with van der Waals surface area (Å²) >= 11 is 3.81. The van der Waals surface area contributed by atoms with E-state index < -0.39 is 0 Å². The molecule has 0 spiro atoms. The first-order chi connectivity index (χ1) is 21.2. The maximum absolute atomic E-state index is 6.51. The first-order valence-electron chi connectivity index (χ1n) is 18.2. The minimum Gasteiger partial charge on any atom is -0.399 e. The van der Waals surface area contributed by atoms with Gasteiger partial charge in [0.1, 0.15) is 0 Å². The Morgan fingerprint density at radius 1 is 0.568 bits per heavy atom. The third kappa shape index (κ3) is 9.13. The average molecular weight is 664 g/mol. The molecule has 0 radical (unpaired) electrons. The normalized spacial score (nSPS) is 16.4. The van der Waals surface area contributed by atoms with Crippen LogP contribution in [0.3, 0.4) is 0 Å². The molecule has 0 atom stereocenters. The van der Waals surface area contributed by atoms with E-state index in [4.69, 9.17) is 9.31 Å². The van der Waals surface area contributed by atoms with Crippen LogP contribution < -0.4 is 5.46 Å². The Morgan fingerprint density at radius 2 is 1.00 bits per heavy atom. The van der Waals surface area contributed by atoms with E-state index in [-0.39, 0.29) is 18.3 Å². The van der Waals surface area contributed by atoms with E-state index in [0.29, 0.717) is 0 Å². The molecule has 2 nitrogen and oxygen atoms in total. The molecule has 2 aromatic carbocycles. The molecule has 0 aromatic heterocycles. The number of allylic oxidation sites excluding steroid dienone is 1. The van der Waals surface area contributed by atoms with Crippen LogP contribution in [-0.4, -0.2) is 18.3 Å². The lowest BCUT2D eigenvalue weighted by Gasteiger charge is -2.32. The zero-order valence-electron chi connectivity index (χ0n) is 29.0. The molecule has 0 saturated carbocycles. The molecule has 1 aliphatic carbocycles. The maximum Gasteiger partial charge on any atom is 0.494 e. The van der Waals surface area contributed by atoms with Crippen LogP contribution >= 0.6 is 15.9 Å². The van der Waals surface area contributed by atoms with Gasteiger partial charge in [-0.05, 0) is 98.8 Å². The summed E-state index contributed by atoms with van der Waals surface area (Å²) < 4.78 is 14.2.